The Morgan fingerprint density at radius 3 is 2.89 bits per heavy atom. The summed E-state index contributed by atoms with van der Waals surface area (Å²) in [6.07, 6.45) is 0. The van der Waals surface area contributed by atoms with Crippen molar-refractivity contribution in [2.24, 2.45) is 0 Å². The second-order valence-electron chi connectivity index (χ2n) is 5.55. The van der Waals surface area contributed by atoms with Crippen molar-refractivity contribution >= 4 is 28.6 Å². The largest absolute Gasteiger partial charge is 0.465 e. The van der Waals surface area contributed by atoms with Crippen molar-refractivity contribution in [1.29, 1.82) is 0 Å². The van der Waals surface area contributed by atoms with Gasteiger partial charge in [0, 0.05) is 11.8 Å². The van der Waals surface area contributed by atoms with E-state index < -0.39 is 11.9 Å². The average Bonchev–Trinajstić information content (AvgIpc) is 3.31. The molecule has 1 amide bonds. The molecule has 0 fully saturated rings. The highest BCUT2D eigenvalue weighted by Gasteiger charge is 2.15. The van der Waals surface area contributed by atoms with Crippen molar-refractivity contribution in [3.8, 4) is 11.5 Å². The third-order valence-corrected chi connectivity index (χ3v) is 3.81. The van der Waals surface area contributed by atoms with E-state index in [9.17, 15) is 9.59 Å². The lowest BCUT2D eigenvalue weighted by molar-refractivity contribution is -0.121. The maximum atomic E-state index is 12.1. The van der Waals surface area contributed by atoms with Crippen LogP contribution in [0, 0.1) is 0 Å². The van der Waals surface area contributed by atoms with Gasteiger partial charge in [-0.15, -0.1) is 5.10 Å². The molecule has 1 N–H and O–H groups in total. The molecule has 0 radical (unpaired) electrons. The van der Waals surface area contributed by atoms with Gasteiger partial charge in [-0.25, -0.2) is 4.79 Å². The second kappa shape index (κ2) is 6.83. The molecule has 3 aromatic rings. The number of fused-ring (bicyclic) bond motifs is 2. The third-order valence-electron chi connectivity index (χ3n) is 3.81. The Kier molecular flexibility index (Phi) is 4.21. The van der Waals surface area contributed by atoms with E-state index in [0.717, 1.165) is 4.85 Å². The van der Waals surface area contributed by atoms with E-state index in [1.54, 1.807) is 30.3 Å². The van der Waals surface area contributed by atoms with Crippen molar-refractivity contribution in [1.82, 2.24) is 15.2 Å². The molecule has 138 valence electrons. The molecule has 4 rings (SSSR count). The average molecular weight is 370 g/mol. The molecule has 0 spiro atoms. The van der Waals surface area contributed by atoms with Crippen molar-refractivity contribution in [2.75, 3.05) is 25.8 Å². The van der Waals surface area contributed by atoms with Gasteiger partial charge in [-0.05, 0) is 35.5 Å². The highest BCUT2D eigenvalue weighted by Crippen LogP contribution is 2.34. The van der Waals surface area contributed by atoms with Crippen molar-refractivity contribution in [2.45, 2.75) is 0 Å². The van der Waals surface area contributed by atoms with Gasteiger partial charge in [0.25, 0.3) is 5.91 Å². The predicted octanol–water partition coefficient (Wildman–Crippen LogP) is 1.01. The van der Waals surface area contributed by atoms with Gasteiger partial charge in [-0.3, -0.25) is 4.79 Å². The van der Waals surface area contributed by atoms with E-state index in [4.69, 9.17) is 14.3 Å². The maximum Gasteiger partial charge on any atom is 0.337 e. The molecule has 0 aliphatic carbocycles. The quantitative estimate of drug-likeness (QED) is 0.662. The van der Waals surface area contributed by atoms with E-state index in [-0.39, 0.29) is 13.4 Å². The molecule has 0 bridgehead atoms. The summed E-state index contributed by atoms with van der Waals surface area (Å²) in [6.45, 7) is -0.155. The van der Waals surface area contributed by atoms with Crippen LogP contribution in [0.5, 0.6) is 11.5 Å². The molecule has 1 aliphatic heterocycles. The number of anilines is 1. The van der Waals surface area contributed by atoms with Crippen molar-refractivity contribution in [3.63, 3.8) is 0 Å². The fourth-order valence-corrected chi connectivity index (χ4v) is 2.53. The van der Waals surface area contributed by atoms with Crippen LogP contribution >= 0.6 is 0 Å². The molecule has 2 heterocycles. The lowest BCUT2D eigenvalue weighted by Crippen LogP contribution is -2.26. The van der Waals surface area contributed by atoms with Crippen LogP contribution in [0.2, 0.25) is 0 Å². The Morgan fingerprint density at radius 2 is 2.04 bits per heavy atom. The molecule has 10 nitrogen and oxygen atoms in total. The summed E-state index contributed by atoms with van der Waals surface area (Å²) in [6, 6.07) is 9.77. The van der Waals surface area contributed by atoms with Gasteiger partial charge >= 0.3 is 5.97 Å². The van der Waals surface area contributed by atoms with Gasteiger partial charge in [-0.2, -0.15) is 0 Å². The molecule has 0 saturated carbocycles. The molecular weight excluding hydrogens is 356 g/mol. The number of nitrogens with zero attached hydrogens (tertiary/aromatic N) is 3. The third kappa shape index (κ3) is 3.32. The predicted molar refractivity (Wildman–Crippen MR) is 91.5 cm³/mol. The summed E-state index contributed by atoms with van der Waals surface area (Å²) in [5.41, 5.74) is 1.82. The summed E-state index contributed by atoms with van der Waals surface area (Å²) in [7, 11) is 1.29. The molecule has 1 aromatic heterocycles. The van der Waals surface area contributed by atoms with E-state index in [0.29, 0.717) is 33.8 Å². The normalized spacial score (nSPS) is 12.0. The van der Waals surface area contributed by atoms with Crippen LogP contribution in [0.1, 0.15) is 10.4 Å². The topological polar surface area (TPSA) is 114 Å². The number of hydrogen-bond donors (Lipinski definition) is 1. The molecule has 2 aromatic carbocycles. The van der Waals surface area contributed by atoms with Crippen LogP contribution in [-0.4, -0.2) is 47.5 Å². The van der Waals surface area contributed by atoms with Gasteiger partial charge in [-0.1, -0.05) is 4.85 Å². The fourth-order valence-electron chi connectivity index (χ4n) is 2.53. The van der Waals surface area contributed by atoms with Crippen LogP contribution in [0.4, 0.5) is 5.69 Å². The molecular formula is C17H14N4O6. The summed E-state index contributed by atoms with van der Waals surface area (Å²) < 4.78 is 15.2. The van der Waals surface area contributed by atoms with E-state index in [1.165, 1.54) is 13.2 Å². The monoisotopic (exact) mass is 370 g/mol. The number of nitrogens with one attached hydrogen (secondary N) is 1. The van der Waals surface area contributed by atoms with E-state index in [1.807, 2.05) is 0 Å². The number of carbonyl (C=O) groups excluding carboxylic acids is 2. The first-order valence-corrected chi connectivity index (χ1v) is 7.90. The number of hydrogen-bond acceptors (Lipinski definition) is 8. The lowest BCUT2D eigenvalue weighted by atomic mass is 10.2. The zero-order valence-electron chi connectivity index (χ0n) is 14.2. The van der Waals surface area contributed by atoms with Crippen molar-refractivity contribution < 1.29 is 28.6 Å². The van der Waals surface area contributed by atoms with Crippen LogP contribution in [-0.2, 0) is 9.53 Å². The zero-order chi connectivity index (χ0) is 18.8. The minimum absolute atomic E-state index is 0.156. The Bertz CT molecular complexity index is 1030. The molecule has 27 heavy (non-hydrogen) atoms. The molecule has 0 atom stereocenters. The number of benzene rings is 2. The molecule has 0 saturated heterocycles. The highest BCUT2D eigenvalue weighted by molar-refractivity contribution is 5.93. The fraction of sp³-hybridized carbons (Fsp3) is 0.176. The standard InChI is InChI=1S/C17H14N4O6/c1-24-17(23)10-2-4-12-13(6-10)21(20-19-12)27-8-16(22)18-11-3-5-14-15(7-11)26-9-25-14/h2-7H,8-9H2,1H3,(H,18,22). The summed E-state index contributed by atoms with van der Waals surface area (Å²) in [5, 5.41) is 10.4. The van der Waals surface area contributed by atoms with E-state index in [2.05, 4.69) is 20.4 Å². The van der Waals surface area contributed by atoms with Crippen LogP contribution in [0.3, 0.4) is 0 Å². The minimum Gasteiger partial charge on any atom is -0.465 e. The highest BCUT2D eigenvalue weighted by atomic mass is 16.7. The van der Waals surface area contributed by atoms with Gasteiger partial charge in [0.05, 0.1) is 12.7 Å². The first-order valence-electron chi connectivity index (χ1n) is 7.90. The van der Waals surface area contributed by atoms with Crippen LogP contribution < -0.4 is 19.6 Å². The Morgan fingerprint density at radius 1 is 1.19 bits per heavy atom. The number of esters is 1. The molecule has 0 unspecified atom stereocenters. The summed E-state index contributed by atoms with van der Waals surface area (Å²) in [4.78, 5) is 30.2. The lowest BCUT2D eigenvalue weighted by Gasteiger charge is -2.08. The summed E-state index contributed by atoms with van der Waals surface area (Å²) in [5.74, 6) is 0.290. The van der Waals surface area contributed by atoms with Gasteiger partial charge in [0.15, 0.2) is 18.1 Å². The van der Waals surface area contributed by atoms with Crippen molar-refractivity contribution in [3.05, 3.63) is 42.0 Å². The maximum absolute atomic E-state index is 12.1. The number of rotatable bonds is 5. The zero-order valence-corrected chi connectivity index (χ0v) is 14.2. The number of aromatic nitrogens is 3. The number of ether oxygens (including phenoxy) is 3. The smallest absolute Gasteiger partial charge is 0.337 e. The van der Waals surface area contributed by atoms with Crippen LogP contribution in [0.15, 0.2) is 36.4 Å². The Hall–Kier alpha value is -3.82. The number of methoxy groups -OCH3 is 1. The number of amides is 1. The first kappa shape index (κ1) is 16.6. The first-order chi connectivity index (χ1) is 13.1. The SMILES string of the molecule is COC(=O)c1ccc2nnn(OCC(=O)Nc3ccc4c(c3)OCO4)c2c1. The molecule has 1 aliphatic rings. The molecule has 10 heteroatoms. The van der Waals surface area contributed by atoms with Gasteiger partial charge in [0.2, 0.25) is 6.79 Å². The minimum atomic E-state index is -0.495. The van der Waals surface area contributed by atoms with Gasteiger partial charge < -0.3 is 24.4 Å². The number of carbonyl (C=O) groups is 2. The summed E-state index contributed by atoms with van der Waals surface area (Å²) >= 11 is 0. The van der Waals surface area contributed by atoms with Gasteiger partial charge in [0.1, 0.15) is 11.0 Å². The Labute approximate surface area is 152 Å². The Balaban J connectivity index is 1.43. The van der Waals surface area contributed by atoms with Crippen LogP contribution in [0.25, 0.3) is 11.0 Å². The van der Waals surface area contributed by atoms with E-state index >= 15 is 0 Å². The second-order valence-corrected chi connectivity index (χ2v) is 5.55.